The smallest absolute Gasteiger partial charge is 0.123 e. The lowest BCUT2D eigenvalue weighted by atomic mass is 10.0. The normalized spacial score (nSPS) is 15.4. The SMILES string of the molecule is COc1ccc(C(O)c2ncccc2N2CCN(c3ccncc3)CC2)cc1. The lowest BCUT2D eigenvalue weighted by molar-refractivity contribution is 0.215. The minimum absolute atomic E-state index is 0.685. The van der Waals surface area contributed by atoms with Crippen molar-refractivity contribution in [3.05, 3.63) is 78.4 Å². The number of pyridine rings is 2. The third kappa shape index (κ3) is 3.77. The Kier molecular flexibility index (Phi) is 5.39. The number of rotatable bonds is 5. The number of aromatic nitrogens is 2. The molecule has 0 amide bonds. The molecule has 3 aromatic rings. The maximum absolute atomic E-state index is 10.9. The van der Waals surface area contributed by atoms with E-state index < -0.39 is 6.10 Å². The van der Waals surface area contributed by atoms with Gasteiger partial charge in [0.05, 0.1) is 18.5 Å². The van der Waals surface area contributed by atoms with Crippen LogP contribution in [0.15, 0.2) is 67.1 Å². The number of piperazine rings is 1. The fraction of sp³-hybridized carbons (Fsp3) is 0.273. The number of methoxy groups -OCH3 is 1. The molecule has 28 heavy (non-hydrogen) atoms. The Bertz CT molecular complexity index is 894. The molecule has 0 spiro atoms. The maximum atomic E-state index is 10.9. The molecule has 1 aliphatic heterocycles. The Labute approximate surface area is 165 Å². The van der Waals surface area contributed by atoms with Gasteiger partial charge in [-0.15, -0.1) is 0 Å². The van der Waals surface area contributed by atoms with Crippen molar-refractivity contribution in [2.45, 2.75) is 6.10 Å². The molecule has 1 aliphatic rings. The standard InChI is InChI=1S/C22H24N4O2/c1-28-19-6-4-17(5-7-19)22(27)21-20(3-2-10-24-21)26-15-13-25(14-16-26)18-8-11-23-12-9-18/h2-12,22,27H,13-16H2,1H3. The van der Waals surface area contributed by atoms with E-state index in [1.54, 1.807) is 13.3 Å². The maximum Gasteiger partial charge on any atom is 0.123 e. The Morgan fingerprint density at radius 3 is 2.25 bits per heavy atom. The van der Waals surface area contributed by atoms with Crippen LogP contribution < -0.4 is 14.5 Å². The Morgan fingerprint density at radius 2 is 1.57 bits per heavy atom. The summed E-state index contributed by atoms with van der Waals surface area (Å²) in [4.78, 5) is 13.3. The van der Waals surface area contributed by atoms with E-state index >= 15 is 0 Å². The van der Waals surface area contributed by atoms with Crippen molar-refractivity contribution < 1.29 is 9.84 Å². The summed E-state index contributed by atoms with van der Waals surface area (Å²) in [5.41, 5.74) is 3.67. The molecule has 0 bridgehead atoms. The van der Waals surface area contributed by atoms with E-state index in [0.717, 1.165) is 43.2 Å². The zero-order chi connectivity index (χ0) is 19.3. The highest BCUT2D eigenvalue weighted by Crippen LogP contribution is 2.30. The summed E-state index contributed by atoms with van der Waals surface area (Å²) in [5.74, 6) is 0.768. The Morgan fingerprint density at radius 1 is 0.893 bits per heavy atom. The van der Waals surface area contributed by atoms with Crippen LogP contribution in [0.4, 0.5) is 11.4 Å². The fourth-order valence-corrected chi connectivity index (χ4v) is 3.59. The molecular weight excluding hydrogens is 352 g/mol. The first-order valence-electron chi connectivity index (χ1n) is 9.43. The van der Waals surface area contributed by atoms with Crippen LogP contribution in [-0.2, 0) is 0 Å². The molecule has 6 nitrogen and oxygen atoms in total. The van der Waals surface area contributed by atoms with E-state index in [0.29, 0.717) is 5.69 Å². The van der Waals surface area contributed by atoms with Crippen molar-refractivity contribution >= 4 is 11.4 Å². The van der Waals surface area contributed by atoms with Crippen LogP contribution >= 0.6 is 0 Å². The van der Waals surface area contributed by atoms with E-state index in [9.17, 15) is 5.11 Å². The molecule has 144 valence electrons. The molecule has 1 N–H and O–H groups in total. The summed E-state index contributed by atoms with van der Waals surface area (Å²) in [6.45, 7) is 3.57. The first-order valence-corrected chi connectivity index (χ1v) is 9.43. The molecule has 0 saturated carbocycles. The van der Waals surface area contributed by atoms with E-state index in [2.05, 4.69) is 19.8 Å². The van der Waals surface area contributed by atoms with Gasteiger partial charge in [-0.1, -0.05) is 12.1 Å². The van der Waals surface area contributed by atoms with Gasteiger partial charge in [-0.05, 0) is 42.0 Å². The summed E-state index contributed by atoms with van der Waals surface area (Å²) >= 11 is 0. The zero-order valence-corrected chi connectivity index (χ0v) is 15.9. The number of nitrogens with zero attached hydrogens (tertiary/aromatic N) is 4. The first kappa shape index (κ1) is 18.3. The van der Waals surface area contributed by atoms with E-state index in [1.165, 1.54) is 5.69 Å². The van der Waals surface area contributed by atoms with E-state index in [1.807, 2.05) is 60.9 Å². The predicted octanol–water partition coefficient (Wildman–Crippen LogP) is 2.89. The average Bonchev–Trinajstić information content (AvgIpc) is 2.79. The summed E-state index contributed by atoms with van der Waals surface area (Å²) < 4.78 is 5.21. The van der Waals surface area contributed by atoms with Crippen molar-refractivity contribution in [2.75, 3.05) is 43.1 Å². The third-order valence-corrected chi connectivity index (χ3v) is 5.15. The monoisotopic (exact) mass is 376 g/mol. The van der Waals surface area contributed by atoms with Gasteiger partial charge in [0.25, 0.3) is 0 Å². The molecule has 2 aromatic heterocycles. The molecule has 0 aliphatic carbocycles. The van der Waals surface area contributed by atoms with E-state index in [4.69, 9.17) is 4.74 Å². The van der Waals surface area contributed by atoms with Gasteiger partial charge in [-0.2, -0.15) is 0 Å². The van der Waals surface area contributed by atoms with Crippen molar-refractivity contribution in [1.29, 1.82) is 0 Å². The van der Waals surface area contributed by atoms with Gasteiger partial charge < -0.3 is 19.6 Å². The Hall–Kier alpha value is -3.12. The van der Waals surface area contributed by atoms with Gasteiger partial charge in [0, 0.05) is 50.5 Å². The van der Waals surface area contributed by atoms with Gasteiger partial charge in [-0.25, -0.2) is 0 Å². The highest BCUT2D eigenvalue weighted by Gasteiger charge is 2.23. The van der Waals surface area contributed by atoms with Crippen LogP contribution in [0.5, 0.6) is 5.75 Å². The number of hydrogen-bond acceptors (Lipinski definition) is 6. The predicted molar refractivity (Wildman–Crippen MR) is 110 cm³/mol. The molecule has 4 rings (SSSR count). The van der Waals surface area contributed by atoms with E-state index in [-0.39, 0.29) is 0 Å². The molecular formula is C22H24N4O2. The highest BCUT2D eigenvalue weighted by molar-refractivity contribution is 5.55. The van der Waals surface area contributed by atoms with Crippen LogP contribution in [0.1, 0.15) is 17.4 Å². The van der Waals surface area contributed by atoms with Crippen LogP contribution in [0.2, 0.25) is 0 Å². The second-order valence-electron chi connectivity index (χ2n) is 6.76. The van der Waals surface area contributed by atoms with Gasteiger partial charge in [0.1, 0.15) is 11.9 Å². The number of anilines is 2. The minimum Gasteiger partial charge on any atom is -0.497 e. The minimum atomic E-state index is -0.777. The molecule has 1 aromatic carbocycles. The quantitative estimate of drug-likeness (QED) is 0.739. The summed E-state index contributed by atoms with van der Waals surface area (Å²) in [6, 6.07) is 15.5. The van der Waals surface area contributed by atoms with Crippen molar-refractivity contribution in [3.8, 4) is 5.75 Å². The number of hydrogen-bond donors (Lipinski definition) is 1. The number of aliphatic hydroxyl groups is 1. The van der Waals surface area contributed by atoms with Crippen LogP contribution in [0.3, 0.4) is 0 Å². The highest BCUT2D eigenvalue weighted by atomic mass is 16.5. The Balaban J connectivity index is 1.51. The topological polar surface area (TPSA) is 61.7 Å². The zero-order valence-electron chi connectivity index (χ0n) is 15.9. The third-order valence-electron chi connectivity index (χ3n) is 5.15. The number of aliphatic hydroxyl groups excluding tert-OH is 1. The molecule has 0 radical (unpaired) electrons. The molecule has 1 atom stereocenters. The molecule has 1 saturated heterocycles. The molecule has 1 unspecified atom stereocenters. The largest absolute Gasteiger partial charge is 0.497 e. The van der Waals surface area contributed by atoms with Gasteiger partial charge in [0.15, 0.2) is 0 Å². The molecule has 6 heteroatoms. The van der Waals surface area contributed by atoms with Gasteiger partial charge >= 0.3 is 0 Å². The number of benzene rings is 1. The van der Waals surface area contributed by atoms with Crippen LogP contribution in [-0.4, -0.2) is 48.4 Å². The second-order valence-corrected chi connectivity index (χ2v) is 6.76. The van der Waals surface area contributed by atoms with Crippen LogP contribution in [0, 0.1) is 0 Å². The fourth-order valence-electron chi connectivity index (χ4n) is 3.59. The first-order chi connectivity index (χ1) is 13.8. The second kappa shape index (κ2) is 8.27. The molecule has 3 heterocycles. The molecule has 1 fully saturated rings. The summed E-state index contributed by atoms with van der Waals surface area (Å²) in [5, 5.41) is 10.9. The van der Waals surface area contributed by atoms with Gasteiger partial charge in [0.2, 0.25) is 0 Å². The van der Waals surface area contributed by atoms with Crippen molar-refractivity contribution in [1.82, 2.24) is 9.97 Å². The van der Waals surface area contributed by atoms with Crippen molar-refractivity contribution in [3.63, 3.8) is 0 Å². The lowest BCUT2D eigenvalue weighted by Gasteiger charge is -2.38. The summed E-state index contributed by atoms with van der Waals surface area (Å²) in [6.07, 6.45) is 4.61. The van der Waals surface area contributed by atoms with Gasteiger partial charge in [-0.3, -0.25) is 9.97 Å². The average molecular weight is 376 g/mol. The number of ether oxygens (including phenoxy) is 1. The van der Waals surface area contributed by atoms with Crippen molar-refractivity contribution in [2.24, 2.45) is 0 Å². The lowest BCUT2D eigenvalue weighted by Crippen LogP contribution is -2.47. The van der Waals surface area contributed by atoms with Crippen LogP contribution in [0.25, 0.3) is 0 Å². The summed E-state index contributed by atoms with van der Waals surface area (Å²) in [7, 11) is 1.63.